The highest BCUT2D eigenvalue weighted by atomic mass is 35.5. The first-order chi connectivity index (χ1) is 9.52. The maximum atomic E-state index is 13.4. The van der Waals surface area contributed by atoms with Crippen molar-refractivity contribution in [3.05, 3.63) is 63.4 Å². The Bertz CT molecular complexity index is 642. The lowest BCUT2D eigenvalue weighted by atomic mass is 9.93. The van der Waals surface area contributed by atoms with Gasteiger partial charge in [-0.1, -0.05) is 23.2 Å². The maximum Gasteiger partial charge on any atom is 0.126 e. The van der Waals surface area contributed by atoms with Crippen molar-refractivity contribution in [1.29, 1.82) is 0 Å². The van der Waals surface area contributed by atoms with Gasteiger partial charge in [0.05, 0.1) is 0 Å². The number of hydrogen-bond donors (Lipinski definition) is 1. The van der Waals surface area contributed by atoms with Crippen molar-refractivity contribution in [2.24, 2.45) is 5.73 Å². The highest BCUT2D eigenvalue weighted by Crippen LogP contribution is 2.41. The van der Waals surface area contributed by atoms with Crippen molar-refractivity contribution in [2.75, 3.05) is 0 Å². The van der Waals surface area contributed by atoms with Gasteiger partial charge >= 0.3 is 0 Å². The van der Waals surface area contributed by atoms with Gasteiger partial charge in [0, 0.05) is 28.1 Å². The summed E-state index contributed by atoms with van der Waals surface area (Å²) in [5, 5.41) is 0.967. The van der Waals surface area contributed by atoms with E-state index >= 15 is 0 Å². The van der Waals surface area contributed by atoms with E-state index in [-0.39, 0.29) is 18.0 Å². The van der Waals surface area contributed by atoms with Crippen LogP contribution in [0, 0.1) is 5.82 Å². The third-order valence-corrected chi connectivity index (χ3v) is 3.82. The molecular weight excluding hydrogens is 300 g/mol. The number of fused-ring (bicyclic) bond motifs is 1. The Kier molecular flexibility index (Phi) is 3.59. The second kappa shape index (κ2) is 5.24. The summed E-state index contributed by atoms with van der Waals surface area (Å²) in [6.45, 7) is 0. The highest BCUT2D eigenvalue weighted by molar-refractivity contribution is 6.31. The Morgan fingerprint density at radius 3 is 2.65 bits per heavy atom. The first kappa shape index (κ1) is 13.7. The van der Waals surface area contributed by atoms with Crippen molar-refractivity contribution in [3.63, 3.8) is 0 Å². The average molecular weight is 312 g/mol. The molecule has 0 saturated carbocycles. The molecule has 0 saturated heterocycles. The van der Waals surface area contributed by atoms with Crippen molar-refractivity contribution >= 4 is 23.2 Å². The van der Waals surface area contributed by atoms with Crippen LogP contribution in [-0.4, -0.2) is 0 Å². The molecule has 2 nitrogen and oxygen atoms in total. The Balaban J connectivity index is 1.96. The summed E-state index contributed by atoms with van der Waals surface area (Å²) in [5.74, 6) is 0.296. The molecule has 0 spiro atoms. The van der Waals surface area contributed by atoms with Gasteiger partial charge in [0.2, 0.25) is 0 Å². The molecule has 3 rings (SSSR count). The lowest BCUT2D eigenvalue weighted by Crippen LogP contribution is -2.24. The summed E-state index contributed by atoms with van der Waals surface area (Å²) < 4.78 is 19.3. The maximum absolute atomic E-state index is 13.4. The molecule has 0 radical (unpaired) electrons. The number of ether oxygens (including phenoxy) is 1. The van der Waals surface area contributed by atoms with Crippen LogP contribution in [0.15, 0.2) is 36.4 Å². The van der Waals surface area contributed by atoms with Gasteiger partial charge in [-0.25, -0.2) is 4.39 Å². The molecule has 2 atom stereocenters. The van der Waals surface area contributed by atoms with Gasteiger partial charge in [-0.2, -0.15) is 0 Å². The van der Waals surface area contributed by atoms with Crippen LogP contribution in [-0.2, 0) is 0 Å². The van der Waals surface area contributed by atoms with Gasteiger partial charge in [0.15, 0.2) is 0 Å². The van der Waals surface area contributed by atoms with Gasteiger partial charge in [0.25, 0.3) is 0 Å². The third-order valence-electron chi connectivity index (χ3n) is 3.37. The van der Waals surface area contributed by atoms with Crippen molar-refractivity contribution in [3.8, 4) is 5.75 Å². The van der Waals surface area contributed by atoms with Crippen LogP contribution in [0.2, 0.25) is 10.0 Å². The molecule has 0 amide bonds. The SMILES string of the molecule is N[C@H]1CC(c2cc(F)cc(Cl)c2)Oc2ccc(Cl)cc21. The number of halogens is 3. The topological polar surface area (TPSA) is 35.2 Å². The van der Waals surface area contributed by atoms with Crippen molar-refractivity contribution in [2.45, 2.75) is 18.6 Å². The zero-order chi connectivity index (χ0) is 14.3. The van der Waals surface area contributed by atoms with E-state index in [1.54, 1.807) is 24.3 Å². The predicted octanol–water partition coefficient (Wildman–Crippen LogP) is 4.66. The minimum atomic E-state index is -0.383. The van der Waals surface area contributed by atoms with E-state index in [2.05, 4.69) is 0 Å². The van der Waals surface area contributed by atoms with E-state index in [4.69, 9.17) is 33.7 Å². The molecule has 0 aliphatic carbocycles. The van der Waals surface area contributed by atoms with Crippen LogP contribution in [0.5, 0.6) is 5.75 Å². The van der Waals surface area contributed by atoms with Crippen LogP contribution in [0.3, 0.4) is 0 Å². The van der Waals surface area contributed by atoms with Crippen LogP contribution >= 0.6 is 23.2 Å². The zero-order valence-corrected chi connectivity index (χ0v) is 12.0. The minimum Gasteiger partial charge on any atom is -0.485 e. The average Bonchev–Trinajstić information content (AvgIpc) is 2.38. The van der Waals surface area contributed by atoms with Gasteiger partial charge in [-0.05, 0) is 42.0 Å². The van der Waals surface area contributed by atoms with Crippen LogP contribution in [0.1, 0.15) is 29.7 Å². The Hall–Kier alpha value is -1.29. The molecule has 2 aromatic rings. The summed E-state index contributed by atoms with van der Waals surface area (Å²) >= 11 is 11.8. The van der Waals surface area contributed by atoms with Crippen LogP contribution in [0.25, 0.3) is 0 Å². The quantitative estimate of drug-likeness (QED) is 0.831. The van der Waals surface area contributed by atoms with Crippen LogP contribution in [0.4, 0.5) is 4.39 Å². The molecule has 0 bridgehead atoms. The smallest absolute Gasteiger partial charge is 0.126 e. The molecule has 20 heavy (non-hydrogen) atoms. The van der Waals surface area contributed by atoms with Gasteiger partial charge < -0.3 is 10.5 Å². The van der Waals surface area contributed by atoms with Crippen molar-refractivity contribution < 1.29 is 9.13 Å². The molecule has 104 valence electrons. The molecule has 1 unspecified atom stereocenters. The highest BCUT2D eigenvalue weighted by Gasteiger charge is 2.27. The number of nitrogens with two attached hydrogens (primary N) is 1. The summed E-state index contributed by atoms with van der Waals surface area (Å²) in [5.41, 5.74) is 7.71. The molecule has 1 heterocycles. The molecule has 1 aliphatic heterocycles. The fourth-order valence-corrected chi connectivity index (χ4v) is 2.85. The van der Waals surface area contributed by atoms with Gasteiger partial charge in [-0.15, -0.1) is 0 Å². The first-order valence-corrected chi connectivity index (χ1v) is 6.96. The Morgan fingerprint density at radius 1 is 1.10 bits per heavy atom. The van der Waals surface area contributed by atoms with Gasteiger partial charge in [0.1, 0.15) is 17.7 Å². The number of benzene rings is 2. The Labute approximate surface area is 126 Å². The molecule has 1 aliphatic rings. The number of hydrogen-bond acceptors (Lipinski definition) is 2. The lowest BCUT2D eigenvalue weighted by molar-refractivity contribution is 0.161. The van der Waals surface area contributed by atoms with E-state index < -0.39 is 0 Å². The minimum absolute atomic E-state index is 0.204. The normalized spacial score (nSPS) is 21.2. The Morgan fingerprint density at radius 2 is 1.90 bits per heavy atom. The zero-order valence-electron chi connectivity index (χ0n) is 10.4. The van der Waals surface area contributed by atoms with E-state index in [1.807, 2.05) is 0 Å². The fraction of sp³-hybridized carbons (Fsp3) is 0.200. The molecule has 0 aromatic heterocycles. The van der Waals surface area contributed by atoms with Crippen molar-refractivity contribution in [1.82, 2.24) is 0 Å². The molecular formula is C15H12Cl2FNO. The van der Waals surface area contributed by atoms with E-state index in [0.717, 1.165) is 5.56 Å². The first-order valence-electron chi connectivity index (χ1n) is 6.20. The second-order valence-electron chi connectivity index (χ2n) is 4.83. The summed E-state index contributed by atoms with van der Waals surface area (Å²) in [6, 6.07) is 9.51. The summed E-state index contributed by atoms with van der Waals surface area (Å²) in [7, 11) is 0. The molecule has 2 aromatic carbocycles. The van der Waals surface area contributed by atoms with E-state index in [9.17, 15) is 4.39 Å². The third kappa shape index (κ3) is 2.62. The van der Waals surface area contributed by atoms with Crippen LogP contribution < -0.4 is 10.5 Å². The van der Waals surface area contributed by atoms with E-state index in [1.165, 1.54) is 12.1 Å². The molecule has 0 fully saturated rings. The largest absolute Gasteiger partial charge is 0.485 e. The molecule has 2 N–H and O–H groups in total. The predicted molar refractivity (Wildman–Crippen MR) is 77.8 cm³/mol. The van der Waals surface area contributed by atoms with E-state index in [0.29, 0.717) is 27.8 Å². The lowest BCUT2D eigenvalue weighted by Gasteiger charge is -2.30. The van der Waals surface area contributed by atoms with Gasteiger partial charge in [-0.3, -0.25) is 0 Å². The fourth-order valence-electron chi connectivity index (χ4n) is 2.44. The molecule has 5 heteroatoms. The summed E-state index contributed by atoms with van der Waals surface area (Å²) in [6.07, 6.45) is 0.236. The summed E-state index contributed by atoms with van der Waals surface area (Å²) in [4.78, 5) is 0. The second-order valence-corrected chi connectivity index (χ2v) is 5.71. The number of rotatable bonds is 1. The monoisotopic (exact) mass is 311 g/mol. The standard InChI is InChI=1S/C15H12Cl2FNO/c16-9-1-2-14-12(6-9)13(19)7-15(20-14)8-3-10(17)5-11(18)4-8/h1-6,13,15H,7,19H2/t13-,15?/m0/s1.